The summed E-state index contributed by atoms with van der Waals surface area (Å²) in [5.74, 6) is -0.244. The molecule has 158 valence electrons. The predicted molar refractivity (Wildman–Crippen MR) is 122 cm³/mol. The van der Waals surface area contributed by atoms with Gasteiger partial charge in [-0.2, -0.15) is 0 Å². The molecular formula is C25H23NO4S. The molecule has 0 atom stereocenters. The summed E-state index contributed by atoms with van der Waals surface area (Å²) < 4.78 is 5.12. The van der Waals surface area contributed by atoms with Crippen LogP contribution in [0.4, 0.5) is 4.79 Å². The highest BCUT2D eigenvalue weighted by molar-refractivity contribution is 7.99. The van der Waals surface area contributed by atoms with Crippen LogP contribution in [0.2, 0.25) is 0 Å². The highest BCUT2D eigenvalue weighted by Crippen LogP contribution is 2.46. The van der Waals surface area contributed by atoms with Crippen LogP contribution in [0.5, 0.6) is 0 Å². The Morgan fingerprint density at radius 1 is 0.935 bits per heavy atom. The number of methoxy groups -OCH3 is 1. The summed E-state index contributed by atoms with van der Waals surface area (Å²) in [4.78, 5) is 26.7. The van der Waals surface area contributed by atoms with Gasteiger partial charge in [0, 0.05) is 11.4 Å². The fraction of sp³-hybridized carbons (Fsp3) is 0.200. The number of amides is 1. The second-order valence-electron chi connectivity index (χ2n) is 7.24. The molecule has 0 fully saturated rings. The Morgan fingerprint density at radius 2 is 1.52 bits per heavy atom. The number of ether oxygens (including phenoxy) is 1. The molecule has 3 aromatic carbocycles. The minimum absolute atomic E-state index is 0.198. The molecule has 0 aliphatic heterocycles. The fourth-order valence-corrected chi connectivity index (χ4v) is 5.07. The topological polar surface area (TPSA) is 66.8 Å². The van der Waals surface area contributed by atoms with Crippen molar-refractivity contribution >= 4 is 23.8 Å². The number of thioether (sulfide) groups is 1. The monoisotopic (exact) mass is 433 g/mol. The van der Waals surface area contributed by atoms with Gasteiger partial charge in [-0.15, -0.1) is 11.8 Å². The lowest BCUT2D eigenvalue weighted by atomic mass is 10.0. The number of carboxylic acid groups (broad SMARTS) is 1. The summed E-state index contributed by atoms with van der Waals surface area (Å²) in [6, 6.07) is 23.1. The number of fused-ring (bicyclic) bond motifs is 3. The van der Waals surface area contributed by atoms with Gasteiger partial charge in [-0.05, 0) is 46.6 Å². The Labute approximate surface area is 185 Å². The standard InChI is InChI=1S/C25H23NO4S/c1-30-25(29)26(15-8-16-31-22-14-7-6-13-21(22)24(27)28)23-19-11-4-2-9-17(19)18-10-3-5-12-20(18)23/h2-7,9-14,23H,8,15-16H2,1H3,(H,27,28). The van der Waals surface area contributed by atoms with Crippen molar-refractivity contribution in [2.75, 3.05) is 19.4 Å². The Morgan fingerprint density at radius 3 is 2.13 bits per heavy atom. The highest BCUT2D eigenvalue weighted by atomic mass is 32.2. The Bertz CT molecular complexity index is 1070. The third-order valence-corrected chi connectivity index (χ3v) is 6.60. The van der Waals surface area contributed by atoms with Gasteiger partial charge in [0.2, 0.25) is 0 Å². The van der Waals surface area contributed by atoms with Crippen LogP contribution in [0.1, 0.15) is 33.9 Å². The van der Waals surface area contributed by atoms with Crippen molar-refractivity contribution in [2.24, 2.45) is 0 Å². The lowest BCUT2D eigenvalue weighted by Crippen LogP contribution is -2.35. The average molecular weight is 434 g/mol. The second kappa shape index (κ2) is 9.27. The van der Waals surface area contributed by atoms with Gasteiger partial charge in [0.05, 0.1) is 18.7 Å². The molecule has 1 aliphatic carbocycles. The van der Waals surface area contributed by atoms with Crippen LogP contribution >= 0.6 is 11.8 Å². The fourth-order valence-electron chi connectivity index (χ4n) is 4.09. The van der Waals surface area contributed by atoms with Crippen LogP contribution in [-0.2, 0) is 4.74 Å². The predicted octanol–water partition coefficient (Wildman–Crippen LogP) is 5.71. The quantitative estimate of drug-likeness (QED) is 0.382. The molecule has 0 radical (unpaired) electrons. The summed E-state index contributed by atoms with van der Waals surface area (Å²) in [7, 11) is 1.40. The molecule has 1 amide bonds. The summed E-state index contributed by atoms with van der Waals surface area (Å²) in [6.07, 6.45) is 0.335. The number of carbonyl (C=O) groups is 2. The summed E-state index contributed by atoms with van der Waals surface area (Å²) in [5, 5.41) is 9.36. The maximum atomic E-state index is 12.7. The minimum atomic E-state index is -0.932. The largest absolute Gasteiger partial charge is 0.478 e. The number of benzene rings is 3. The number of hydrogen-bond acceptors (Lipinski definition) is 4. The van der Waals surface area contributed by atoms with E-state index in [1.54, 1.807) is 17.0 Å². The maximum Gasteiger partial charge on any atom is 0.410 e. The molecule has 4 rings (SSSR count). The van der Waals surface area contributed by atoms with Gasteiger partial charge < -0.3 is 9.84 Å². The van der Waals surface area contributed by atoms with E-state index in [-0.39, 0.29) is 12.1 Å². The molecule has 0 saturated heterocycles. The molecule has 3 aromatic rings. The zero-order chi connectivity index (χ0) is 21.8. The second-order valence-corrected chi connectivity index (χ2v) is 8.38. The van der Waals surface area contributed by atoms with Crippen molar-refractivity contribution in [2.45, 2.75) is 17.4 Å². The first kappa shape index (κ1) is 21.0. The molecule has 0 aromatic heterocycles. The van der Waals surface area contributed by atoms with Crippen LogP contribution < -0.4 is 0 Å². The molecule has 0 unspecified atom stereocenters. The first-order chi connectivity index (χ1) is 15.1. The van der Waals surface area contributed by atoms with E-state index in [1.807, 2.05) is 36.4 Å². The van der Waals surface area contributed by atoms with Gasteiger partial charge in [-0.1, -0.05) is 60.7 Å². The van der Waals surface area contributed by atoms with Crippen molar-refractivity contribution in [3.63, 3.8) is 0 Å². The molecule has 0 saturated carbocycles. The summed E-state index contributed by atoms with van der Waals surface area (Å²) in [5.41, 5.74) is 4.77. The maximum absolute atomic E-state index is 12.7. The number of rotatable bonds is 7. The zero-order valence-electron chi connectivity index (χ0n) is 17.2. The zero-order valence-corrected chi connectivity index (χ0v) is 18.0. The lowest BCUT2D eigenvalue weighted by Gasteiger charge is -2.29. The first-order valence-electron chi connectivity index (χ1n) is 10.1. The number of carbonyl (C=O) groups excluding carboxylic acids is 1. The van der Waals surface area contributed by atoms with Crippen LogP contribution in [0, 0.1) is 0 Å². The molecule has 5 nitrogen and oxygen atoms in total. The van der Waals surface area contributed by atoms with Gasteiger partial charge in [-0.25, -0.2) is 9.59 Å². The highest BCUT2D eigenvalue weighted by Gasteiger charge is 2.35. The van der Waals surface area contributed by atoms with Crippen LogP contribution in [0.15, 0.2) is 77.7 Å². The van der Waals surface area contributed by atoms with Crippen LogP contribution in [0.25, 0.3) is 11.1 Å². The minimum Gasteiger partial charge on any atom is -0.478 e. The van der Waals surface area contributed by atoms with Crippen LogP contribution in [-0.4, -0.2) is 41.5 Å². The van der Waals surface area contributed by atoms with Gasteiger partial charge in [0.1, 0.15) is 0 Å². The van der Waals surface area contributed by atoms with E-state index in [2.05, 4.69) is 24.3 Å². The van der Waals surface area contributed by atoms with Crippen molar-refractivity contribution in [3.05, 3.63) is 89.5 Å². The number of hydrogen-bond donors (Lipinski definition) is 1. The number of carboxylic acids is 1. The van der Waals surface area contributed by atoms with Crippen LogP contribution in [0.3, 0.4) is 0 Å². The van der Waals surface area contributed by atoms with Gasteiger partial charge in [0.15, 0.2) is 0 Å². The Balaban J connectivity index is 1.53. The third-order valence-electron chi connectivity index (χ3n) is 5.44. The van der Waals surface area contributed by atoms with Gasteiger partial charge >= 0.3 is 12.1 Å². The van der Waals surface area contributed by atoms with Gasteiger partial charge in [-0.3, -0.25) is 4.90 Å². The average Bonchev–Trinajstić information content (AvgIpc) is 3.13. The molecule has 1 aliphatic rings. The molecule has 0 heterocycles. The van der Waals surface area contributed by atoms with E-state index in [1.165, 1.54) is 18.9 Å². The molecule has 6 heteroatoms. The van der Waals surface area contributed by atoms with E-state index < -0.39 is 5.97 Å². The van der Waals surface area contributed by atoms with E-state index in [9.17, 15) is 14.7 Å². The Kier molecular flexibility index (Phi) is 6.28. The van der Waals surface area contributed by atoms with E-state index >= 15 is 0 Å². The van der Waals surface area contributed by atoms with Crippen molar-refractivity contribution in [3.8, 4) is 11.1 Å². The number of aromatic carboxylic acids is 1. The Hall–Kier alpha value is -3.25. The van der Waals surface area contributed by atoms with E-state index in [0.717, 1.165) is 27.1 Å². The summed E-state index contributed by atoms with van der Waals surface area (Å²) in [6.45, 7) is 0.502. The SMILES string of the molecule is COC(=O)N(CCCSc1ccccc1C(=O)O)C1c2ccccc2-c2ccccc21. The van der Waals surface area contributed by atoms with Crippen molar-refractivity contribution in [1.82, 2.24) is 4.90 Å². The molecule has 1 N–H and O–H groups in total. The smallest absolute Gasteiger partial charge is 0.410 e. The molecule has 31 heavy (non-hydrogen) atoms. The molecule has 0 bridgehead atoms. The number of nitrogens with zero attached hydrogens (tertiary/aromatic N) is 1. The van der Waals surface area contributed by atoms with Gasteiger partial charge in [0.25, 0.3) is 0 Å². The van der Waals surface area contributed by atoms with E-state index in [0.29, 0.717) is 24.3 Å². The normalized spacial score (nSPS) is 12.2. The van der Waals surface area contributed by atoms with Crippen molar-refractivity contribution in [1.29, 1.82) is 0 Å². The van der Waals surface area contributed by atoms with Crippen molar-refractivity contribution < 1.29 is 19.4 Å². The molecular weight excluding hydrogens is 410 g/mol. The molecule has 0 spiro atoms. The van der Waals surface area contributed by atoms with E-state index in [4.69, 9.17) is 4.74 Å². The third kappa shape index (κ3) is 4.16. The summed E-state index contributed by atoms with van der Waals surface area (Å²) >= 11 is 1.49. The first-order valence-corrected chi connectivity index (χ1v) is 11.1. The lowest BCUT2D eigenvalue weighted by molar-refractivity contribution is 0.0693.